The van der Waals surface area contributed by atoms with Crippen molar-refractivity contribution in [3.05, 3.63) is 36.5 Å². The fourth-order valence-electron chi connectivity index (χ4n) is 2.90. The summed E-state index contributed by atoms with van der Waals surface area (Å²) < 4.78 is 38.0. The van der Waals surface area contributed by atoms with E-state index in [9.17, 15) is 14.4 Å². The topological polar surface area (TPSA) is 126 Å². The zero-order chi connectivity index (χ0) is 21.9. The first-order chi connectivity index (χ1) is 14.3. The third kappa shape index (κ3) is 6.70. The number of rotatable bonds is 8. The van der Waals surface area contributed by atoms with Gasteiger partial charge in [-0.05, 0) is 36.6 Å². The quantitative estimate of drug-likeness (QED) is 0.234. The SMILES string of the molecule is COc1ccc(-c2cnoc2-c2cc(OC)c(OC)c(OC)c2)cc1SP(=O)([O-])[O-].[Na+].[Na+]. The van der Waals surface area contributed by atoms with Crippen molar-refractivity contribution >= 4 is 18.2 Å². The van der Waals surface area contributed by atoms with Crippen LogP contribution in [0.5, 0.6) is 23.0 Å². The van der Waals surface area contributed by atoms with Gasteiger partial charge in [0.25, 0.3) is 0 Å². The van der Waals surface area contributed by atoms with Gasteiger partial charge in [-0.25, -0.2) is 0 Å². The molecule has 0 amide bonds. The van der Waals surface area contributed by atoms with Crippen molar-refractivity contribution in [1.29, 1.82) is 0 Å². The van der Waals surface area contributed by atoms with Gasteiger partial charge < -0.3 is 37.8 Å². The Morgan fingerprint density at radius 2 is 1.47 bits per heavy atom. The van der Waals surface area contributed by atoms with Crippen molar-refractivity contribution in [3.8, 4) is 45.4 Å². The maximum absolute atomic E-state index is 11.3. The molecule has 32 heavy (non-hydrogen) atoms. The summed E-state index contributed by atoms with van der Waals surface area (Å²) in [7, 11) is 5.89. The molecular formula is C19H18NNa2O8PS. The fourth-order valence-corrected chi connectivity index (χ4v) is 4.71. The van der Waals surface area contributed by atoms with E-state index in [1.165, 1.54) is 40.7 Å². The first-order valence-corrected chi connectivity index (χ1v) is 11.4. The number of nitrogens with zero attached hydrogens (tertiary/aromatic N) is 1. The van der Waals surface area contributed by atoms with E-state index in [1.807, 2.05) is 0 Å². The predicted molar refractivity (Wildman–Crippen MR) is 107 cm³/mol. The molecule has 1 aromatic heterocycles. The van der Waals surface area contributed by atoms with Crippen LogP contribution in [0.1, 0.15) is 0 Å². The number of hydrogen-bond donors (Lipinski definition) is 0. The van der Waals surface area contributed by atoms with Gasteiger partial charge in [0.05, 0.1) is 39.5 Å². The van der Waals surface area contributed by atoms with Crippen LogP contribution in [0.2, 0.25) is 0 Å². The molecule has 2 aromatic carbocycles. The molecule has 0 aliphatic heterocycles. The molecule has 9 nitrogen and oxygen atoms in total. The van der Waals surface area contributed by atoms with Gasteiger partial charge >= 0.3 is 59.1 Å². The Bertz CT molecular complexity index is 1080. The fraction of sp³-hybridized carbons (Fsp3) is 0.211. The van der Waals surface area contributed by atoms with E-state index in [1.54, 1.807) is 24.3 Å². The summed E-state index contributed by atoms with van der Waals surface area (Å²) in [6.07, 6.45) is 1.49. The van der Waals surface area contributed by atoms with Gasteiger partial charge in [-0.2, -0.15) is 0 Å². The summed E-state index contributed by atoms with van der Waals surface area (Å²) in [6.45, 7) is -4.87. The van der Waals surface area contributed by atoms with Crippen molar-refractivity contribution in [3.63, 3.8) is 0 Å². The van der Waals surface area contributed by atoms with Gasteiger partial charge in [-0.3, -0.25) is 0 Å². The molecule has 0 saturated heterocycles. The molecule has 0 spiro atoms. The van der Waals surface area contributed by atoms with Gasteiger partial charge in [0.2, 0.25) is 5.75 Å². The van der Waals surface area contributed by atoms with Crippen molar-refractivity contribution in [2.75, 3.05) is 28.4 Å². The van der Waals surface area contributed by atoms with E-state index in [2.05, 4.69) is 5.16 Å². The monoisotopic (exact) mass is 497 g/mol. The minimum Gasteiger partial charge on any atom is -0.803 e. The largest absolute Gasteiger partial charge is 1.00 e. The van der Waals surface area contributed by atoms with Crippen molar-refractivity contribution in [2.24, 2.45) is 0 Å². The second kappa shape index (κ2) is 12.7. The number of methoxy groups -OCH3 is 4. The smallest absolute Gasteiger partial charge is 0.803 e. The molecule has 3 aromatic rings. The summed E-state index contributed by atoms with van der Waals surface area (Å²) >= 11 is 0.194. The van der Waals surface area contributed by atoms with Crippen LogP contribution >= 0.6 is 18.2 Å². The molecule has 0 aliphatic carbocycles. The summed E-state index contributed by atoms with van der Waals surface area (Å²) in [5.74, 6) is 1.94. The molecule has 0 radical (unpaired) electrons. The van der Waals surface area contributed by atoms with Crippen LogP contribution in [0, 0.1) is 0 Å². The summed E-state index contributed by atoms with van der Waals surface area (Å²) in [5, 5.41) is 3.87. The minimum atomic E-state index is -4.87. The Hall–Kier alpha value is -0.650. The zero-order valence-corrected chi connectivity index (χ0v) is 24.2. The van der Waals surface area contributed by atoms with E-state index >= 15 is 0 Å². The molecule has 0 atom stereocenters. The Kier molecular flexibility index (Phi) is 11.7. The number of ether oxygens (including phenoxy) is 4. The van der Waals surface area contributed by atoms with Crippen molar-refractivity contribution in [1.82, 2.24) is 5.16 Å². The number of aromatic nitrogens is 1. The average molecular weight is 497 g/mol. The molecule has 13 heteroatoms. The zero-order valence-electron chi connectivity index (χ0n) is 18.5. The van der Waals surface area contributed by atoms with E-state index < -0.39 is 6.80 Å². The molecule has 0 unspecified atom stereocenters. The maximum Gasteiger partial charge on any atom is 1.00 e. The van der Waals surface area contributed by atoms with Crippen LogP contribution in [0.3, 0.4) is 0 Å². The average Bonchev–Trinajstić information content (AvgIpc) is 3.21. The first-order valence-electron chi connectivity index (χ1n) is 8.46. The molecular weight excluding hydrogens is 479 g/mol. The molecule has 0 aliphatic rings. The maximum atomic E-state index is 11.3. The van der Waals surface area contributed by atoms with Crippen LogP contribution in [0.15, 0.2) is 45.9 Å². The van der Waals surface area contributed by atoms with Crippen LogP contribution in [-0.4, -0.2) is 33.6 Å². The second-order valence-electron chi connectivity index (χ2n) is 5.89. The molecule has 3 rings (SSSR count). The van der Waals surface area contributed by atoms with E-state index in [4.69, 9.17) is 23.5 Å². The standard InChI is InChI=1S/C19H20NO8PS.2Na/c1-24-14-6-5-11(9-17(14)30-29(21,22)23)13-10-20-28-18(13)12-7-15(25-2)19(27-4)16(8-12)26-3;;/h5-10H,1-4H3,(H2,21,22,23);;/q;2*+1/p-2. The molecule has 160 valence electrons. The normalized spacial score (nSPS) is 10.6. The number of benzene rings is 2. The Morgan fingerprint density at radius 3 is 1.97 bits per heavy atom. The second-order valence-corrected chi connectivity index (χ2v) is 9.29. The van der Waals surface area contributed by atoms with Gasteiger partial charge in [0.1, 0.15) is 5.75 Å². The van der Waals surface area contributed by atoms with Gasteiger partial charge in [0, 0.05) is 11.1 Å². The Morgan fingerprint density at radius 1 is 0.875 bits per heavy atom. The Labute approximate surface area is 233 Å². The third-order valence-corrected chi connectivity index (χ3v) is 6.18. The van der Waals surface area contributed by atoms with Crippen molar-refractivity contribution in [2.45, 2.75) is 4.90 Å². The molecule has 1 heterocycles. The third-order valence-electron chi connectivity index (χ3n) is 4.18. The van der Waals surface area contributed by atoms with Crippen LogP contribution < -0.4 is 87.8 Å². The Balaban J connectivity index is 0.00000256. The van der Waals surface area contributed by atoms with Gasteiger partial charge in [0.15, 0.2) is 17.3 Å². The van der Waals surface area contributed by atoms with E-state index in [0.29, 0.717) is 39.7 Å². The van der Waals surface area contributed by atoms with Crippen molar-refractivity contribution < 1.29 is 96.9 Å². The number of hydrogen-bond acceptors (Lipinski definition) is 10. The van der Waals surface area contributed by atoms with Crippen LogP contribution in [0.4, 0.5) is 0 Å². The van der Waals surface area contributed by atoms with E-state index in [0.717, 1.165) is 0 Å². The minimum absolute atomic E-state index is 0. The van der Waals surface area contributed by atoms with Crippen LogP contribution in [0.25, 0.3) is 22.5 Å². The molecule has 0 fully saturated rings. The van der Waals surface area contributed by atoms with E-state index in [-0.39, 0.29) is 81.1 Å². The van der Waals surface area contributed by atoms with Gasteiger partial charge in [-0.15, -0.1) is 0 Å². The molecule has 0 saturated carbocycles. The van der Waals surface area contributed by atoms with Gasteiger partial charge in [-0.1, -0.05) is 22.6 Å². The van der Waals surface area contributed by atoms with Crippen LogP contribution in [-0.2, 0) is 4.57 Å². The predicted octanol–water partition coefficient (Wildman–Crippen LogP) is -3.03. The molecule has 0 N–H and O–H groups in total. The summed E-state index contributed by atoms with van der Waals surface area (Å²) in [5.41, 5.74) is 1.75. The first kappa shape index (κ1) is 29.4. The summed E-state index contributed by atoms with van der Waals surface area (Å²) in [6, 6.07) is 8.21. The molecule has 0 bridgehead atoms. The summed E-state index contributed by atoms with van der Waals surface area (Å²) in [4.78, 5) is 22.7.